The van der Waals surface area contributed by atoms with Gasteiger partial charge in [-0.25, -0.2) is 0 Å². The minimum atomic E-state index is -1.28. The summed E-state index contributed by atoms with van der Waals surface area (Å²) in [6.45, 7) is 0.00990. The average molecular weight is 391 g/mol. The van der Waals surface area contributed by atoms with Crippen molar-refractivity contribution in [2.24, 2.45) is 5.73 Å². The summed E-state index contributed by atoms with van der Waals surface area (Å²) in [6.07, 6.45) is -1.43. The van der Waals surface area contributed by atoms with E-state index in [0.29, 0.717) is 15.6 Å². The minimum absolute atomic E-state index is 0.00990. The van der Waals surface area contributed by atoms with Crippen molar-refractivity contribution in [3.63, 3.8) is 0 Å². The second-order valence-corrected chi connectivity index (χ2v) is 6.35. The van der Waals surface area contributed by atoms with E-state index in [0.717, 1.165) is 0 Å². The lowest BCUT2D eigenvalue weighted by Crippen LogP contribution is -2.65. The predicted octanol–water partition coefficient (Wildman–Crippen LogP) is 0.543. The highest BCUT2D eigenvalue weighted by Gasteiger charge is 2.44. The van der Waals surface area contributed by atoms with Crippen molar-refractivity contribution in [1.29, 1.82) is 0 Å². The summed E-state index contributed by atoms with van der Waals surface area (Å²) >= 11 is 11.7. The molecule has 5 N–H and O–H groups in total. The number of amides is 1. The van der Waals surface area contributed by atoms with E-state index in [1.54, 1.807) is 18.2 Å². The van der Waals surface area contributed by atoms with Crippen LogP contribution in [0.15, 0.2) is 24.3 Å². The molecule has 0 bridgehead atoms. The Kier molecular flexibility index (Phi) is 7.21. The molecule has 1 fully saturated rings. The second-order valence-electron chi connectivity index (χ2n) is 5.54. The lowest BCUT2D eigenvalue weighted by atomic mass is 9.96. The number of hydrogen-bond acceptors (Lipinski definition) is 6. The molecule has 0 aromatic heterocycles. The summed E-state index contributed by atoms with van der Waals surface area (Å²) in [4.78, 5) is 12.1. The van der Waals surface area contributed by atoms with Crippen LogP contribution in [-0.4, -0.2) is 60.4 Å². The van der Waals surface area contributed by atoms with Crippen LogP contribution >= 0.6 is 23.2 Å². The molecule has 0 radical (unpaired) electrons. The average Bonchev–Trinajstić information content (AvgIpc) is 2.60. The van der Waals surface area contributed by atoms with Crippen molar-refractivity contribution in [3.05, 3.63) is 39.9 Å². The summed E-state index contributed by atoms with van der Waals surface area (Å²) in [5, 5.41) is 23.5. The van der Waals surface area contributed by atoms with Crippen molar-refractivity contribution in [2.75, 3.05) is 13.7 Å². The van der Waals surface area contributed by atoms with Gasteiger partial charge in [0.2, 0.25) is 5.91 Å². The van der Waals surface area contributed by atoms with E-state index in [4.69, 9.17) is 38.4 Å². The van der Waals surface area contributed by atoms with Gasteiger partial charge in [-0.3, -0.25) is 4.79 Å². The van der Waals surface area contributed by atoms with Crippen LogP contribution < -0.4 is 11.1 Å². The Labute approximate surface area is 155 Å². The maximum Gasteiger partial charge on any atom is 0.244 e. The first kappa shape index (κ1) is 20.1. The highest BCUT2D eigenvalue weighted by Crippen LogP contribution is 2.23. The number of hydrogen-bond donors (Lipinski definition) is 4. The third kappa shape index (κ3) is 4.92. The molecule has 1 aromatic carbocycles. The highest BCUT2D eigenvalue weighted by molar-refractivity contribution is 6.42. The molecule has 1 aliphatic rings. The molecule has 1 unspecified atom stereocenters. The quantitative estimate of drug-likeness (QED) is 0.545. The molecule has 0 aliphatic carbocycles. The number of benzene rings is 1. The zero-order chi connectivity index (χ0) is 18.6. The summed E-state index contributed by atoms with van der Waals surface area (Å²) in [5.74, 6) is -0.501. The van der Waals surface area contributed by atoms with E-state index in [9.17, 15) is 15.0 Å². The smallest absolute Gasteiger partial charge is 0.244 e. The number of carbonyl (C=O) groups excluding carboxylic acids is 1. The number of ether oxygens (including phenoxy) is 2. The van der Waals surface area contributed by atoms with Crippen molar-refractivity contribution in [1.82, 2.24) is 5.32 Å². The zero-order valence-corrected chi connectivity index (χ0v) is 14.9. The highest BCUT2D eigenvalue weighted by atomic mass is 35.5. The predicted molar refractivity (Wildman–Crippen MR) is 94.2 cm³/mol. The van der Waals surface area contributed by atoms with E-state index in [2.05, 4.69) is 5.32 Å². The van der Waals surface area contributed by atoms with Crippen LogP contribution in [0, 0.1) is 0 Å². The van der Waals surface area contributed by atoms with Crippen LogP contribution in [-0.2, 0) is 14.3 Å². The molecule has 138 valence electrons. The van der Waals surface area contributed by atoms with Gasteiger partial charge in [-0.1, -0.05) is 29.3 Å². The van der Waals surface area contributed by atoms with Gasteiger partial charge in [-0.05, 0) is 23.8 Å². The molecular formula is C16H20Cl2N2O5. The van der Waals surface area contributed by atoms with Crippen molar-refractivity contribution in [3.8, 4) is 0 Å². The Morgan fingerprint density at radius 2 is 2.08 bits per heavy atom. The first-order valence-corrected chi connectivity index (χ1v) is 8.31. The lowest BCUT2D eigenvalue weighted by Gasteiger charge is -2.41. The molecule has 1 aliphatic heterocycles. The van der Waals surface area contributed by atoms with Crippen LogP contribution in [0.1, 0.15) is 5.56 Å². The maximum absolute atomic E-state index is 12.1. The molecule has 1 heterocycles. The van der Waals surface area contributed by atoms with Gasteiger partial charge in [-0.2, -0.15) is 0 Å². The van der Waals surface area contributed by atoms with E-state index in [-0.39, 0.29) is 6.54 Å². The number of nitrogens with one attached hydrogen (secondary N) is 1. The minimum Gasteiger partial charge on any atom is -0.388 e. The second kappa shape index (κ2) is 8.95. The van der Waals surface area contributed by atoms with Gasteiger partial charge in [-0.15, -0.1) is 0 Å². The number of carbonyl (C=O) groups is 1. The molecule has 0 spiro atoms. The zero-order valence-electron chi connectivity index (χ0n) is 13.4. The van der Waals surface area contributed by atoms with Crippen molar-refractivity contribution in [2.45, 2.75) is 30.6 Å². The Morgan fingerprint density at radius 1 is 1.36 bits per heavy atom. The molecule has 7 nitrogen and oxygen atoms in total. The Hall–Kier alpha value is -1.19. The van der Waals surface area contributed by atoms with Crippen LogP contribution in [0.3, 0.4) is 0 Å². The number of methoxy groups -OCH3 is 1. The standard InChI is InChI=1S/C16H20Cl2N2O5/c1-24-16-13(15(23)14(22)11(7-19)25-16)20-12(21)5-3-8-2-4-9(17)10(18)6-8/h2-6,11,13-16,22-23H,7,19H2,1H3,(H,20,21)/b5-3+/t11-,13-,14-,15-,16?/m1/s1. The number of halogens is 2. The van der Waals surface area contributed by atoms with Gasteiger partial charge in [0.1, 0.15) is 24.4 Å². The van der Waals surface area contributed by atoms with Crippen molar-refractivity contribution < 1.29 is 24.5 Å². The summed E-state index contributed by atoms with van der Waals surface area (Å²) in [5.41, 5.74) is 6.16. The first-order chi connectivity index (χ1) is 11.9. The third-order valence-corrected chi connectivity index (χ3v) is 4.58. The van der Waals surface area contributed by atoms with E-state index in [1.807, 2.05) is 0 Å². The Balaban J connectivity index is 2.04. The molecule has 0 saturated carbocycles. The van der Waals surface area contributed by atoms with Gasteiger partial charge >= 0.3 is 0 Å². The summed E-state index contributed by atoms with van der Waals surface area (Å²) in [7, 11) is 1.37. The van der Waals surface area contributed by atoms with Crippen molar-refractivity contribution >= 4 is 35.2 Å². The Bertz CT molecular complexity index is 641. The normalized spacial score (nSPS) is 29.8. The summed E-state index contributed by atoms with van der Waals surface area (Å²) in [6, 6.07) is 3.97. The summed E-state index contributed by atoms with van der Waals surface area (Å²) < 4.78 is 10.6. The van der Waals surface area contributed by atoms with Crippen LogP contribution in [0.4, 0.5) is 0 Å². The Morgan fingerprint density at radius 3 is 2.68 bits per heavy atom. The van der Waals surface area contributed by atoms with E-state index >= 15 is 0 Å². The van der Waals surface area contributed by atoms with Crippen LogP contribution in [0.5, 0.6) is 0 Å². The number of aliphatic hydroxyl groups excluding tert-OH is 2. The molecule has 1 aromatic rings. The number of aliphatic hydroxyl groups is 2. The number of nitrogens with two attached hydrogens (primary N) is 1. The van der Waals surface area contributed by atoms with Gasteiger partial charge < -0.3 is 30.7 Å². The SMILES string of the molecule is COC1O[C@H](CN)[C@@H](O)[C@H](O)[C@H]1NC(=O)/C=C/c1ccc(Cl)c(Cl)c1. The fourth-order valence-corrected chi connectivity index (χ4v) is 2.79. The van der Waals surface area contributed by atoms with Gasteiger partial charge in [0, 0.05) is 19.7 Å². The molecule has 5 atom stereocenters. The fraction of sp³-hybridized carbons (Fsp3) is 0.438. The maximum atomic E-state index is 12.1. The fourth-order valence-electron chi connectivity index (χ4n) is 2.48. The molecule has 25 heavy (non-hydrogen) atoms. The molecule has 1 saturated heterocycles. The first-order valence-electron chi connectivity index (χ1n) is 7.55. The van der Waals surface area contributed by atoms with Gasteiger partial charge in [0.25, 0.3) is 0 Å². The molecule has 1 amide bonds. The van der Waals surface area contributed by atoms with Crippen LogP contribution in [0.2, 0.25) is 10.0 Å². The topological polar surface area (TPSA) is 114 Å². The van der Waals surface area contributed by atoms with E-state index in [1.165, 1.54) is 19.3 Å². The monoisotopic (exact) mass is 390 g/mol. The molecular weight excluding hydrogens is 371 g/mol. The van der Waals surface area contributed by atoms with Crippen LogP contribution in [0.25, 0.3) is 6.08 Å². The lowest BCUT2D eigenvalue weighted by molar-refractivity contribution is -0.253. The number of rotatable bonds is 5. The van der Waals surface area contributed by atoms with Gasteiger partial charge in [0.15, 0.2) is 6.29 Å². The largest absolute Gasteiger partial charge is 0.388 e. The molecule has 2 rings (SSSR count). The third-order valence-electron chi connectivity index (χ3n) is 3.85. The van der Waals surface area contributed by atoms with Gasteiger partial charge in [0.05, 0.1) is 10.0 Å². The van der Waals surface area contributed by atoms with E-state index < -0.39 is 36.6 Å². The molecule has 9 heteroatoms.